The lowest BCUT2D eigenvalue weighted by molar-refractivity contribution is -0.134. The van der Waals surface area contributed by atoms with Crippen molar-refractivity contribution in [1.82, 2.24) is 19.9 Å². The number of ether oxygens (including phenoxy) is 1. The first-order chi connectivity index (χ1) is 16.4. The van der Waals surface area contributed by atoms with Crippen LogP contribution < -0.4 is 4.74 Å². The molecule has 2 heterocycles. The van der Waals surface area contributed by atoms with Crippen molar-refractivity contribution < 1.29 is 23.6 Å². The standard InChI is InChI=1S/C25H26N4O5/c1-16(2)29(15-21-26-23(27-34-21)17-10-12-18(33-3)13-11-17)22(30)9-6-14-28-24(31)19-7-4-5-8-20(19)25(28)32/h4-5,7-8,10-13,16H,6,9,14-15H2,1-3H3. The third-order valence-corrected chi connectivity index (χ3v) is 5.72. The van der Waals surface area contributed by atoms with Crippen molar-refractivity contribution in [2.75, 3.05) is 13.7 Å². The molecule has 0 spiro atoms. The molecule has 1 aromatic heterocycles. The molecule has 3 aromatic rings. The number of hydrogen-bond donors (Lipinski definition) is 0. The third-order valence-electron chi connectivity index (χ3n) is 5.72. The minimum atomic E-state index is -0.314. The molecule has 0 atom stereocenters. The average Bonchev–Trinajstić information content (AvgIpc) is 3.41. The van der Waals surface area contributed by atoms with E-state index in [2.05, 4.69) is 10.1 Å². The number of methoxy groups -OCH3 is 1. The van der Waals surface area contributed by atoms with Gasteiger partial charge in [0.1, 0.15) is 12.3 Å². The van der Waals surface area contributed by atoms with E-state index in [0.29, 0.717) is 29.3 Å². The summed E-state index contributed by atoms with van der Waals surface area (Å²) in [6.07, 6.45) is 0.555. The lowest BCUT2D eigenvalue weighted by Gasteiger charge is -2.25. The molecular weight excluding hydrogens is 436 g/mol. The van der Waals surface area contributed by atoms with Crippen LogP contribution in [0.3, 0.4) is 0 Å². The fourth-order valence-corrected chi connectivity index (χ4v) is 3.86. The number of benzene rings is 2. The maximum atomic E-state index is 12.9. The van der Waals surface area contributed by atoms with Crippen LogP contribution >= 0.6 is 0 Å². The molecule has 1 aliphatic rings. The lowest BCUT2D eigenvalue weighted by Crippen LogP contribution is -2.37. The fraction of sp³-hybridized carbons (Fsp3) is 0.320. The zero-order chi connectivity index (χ0) is 24.2. The molecule has 4 rings (SSSR count). The van der Waals surface area contributed by atoms with Crippen LogP contribution in [0, 0.1) is 0 Å². The molecule has 2 aromatic carbocycles. The van der Waals surface area contributed by atoms with Gasteiger partial charge in [0.05, 0.1) is 18.2 Å². The van der Waals surface area contributed by atoms with E-state index in [4.69, 9.17) is 9.26 Å². The van der Waals surface area contributed by atoms with Crippen molar-refractivity contribution in [3.63, 3.8) is 0 Å². The average molecular weight is 463 g/mol. The summed E-state index contributed by atoms with van der Waals surface area (Å²) in [5, 5.41) is 4.02. The van der Waals surface area contributed by atoms with Crippen molar-refractivity contribution in [1.29, 1.82) is 0 Å². The number of nitrogens with zero attached hydrogens (tertiary/aromatic N) is 4. The summed E-state index contributed by atoms with van der Waals surface area (Å²) in [6.45, 7) is 4.17. The van der Waals surface area contributed by atoms with Gasteiger partial charge in [0, 0.05) is 24.6 Å². The van der Waals surface area contributed by atoms with Gasteiger partial charge in [-0.25, -0.2) is 0 Å². The molecule has 176 valence electrons. The van der Waals surface area contributed by atoms with Crippen molar-refractivity contribution in [2.45, 2.75) is 39.3 Å². The Kier molecular flexibility index (Phi) is 6.72. The molecule has 0 saturated carbocycles. The first-order valence-corrected chi connectivity index (χ1v) is 11.1. The molecule has 1 aliphatic heterocycles. The van der Waals surface area contributed by atoms with Crippen LogP contribution in [0.15, 0.2) is 53.1 Å². The number of fused-ring (bicyclic) bond motifs is 1. The highest BCUT2D eigenvalue weighted by atomic mass is 16.5. The first-order valence-electron chi connectivity index (χ1n) is 11.1. The Morgan fingerprint density at radius 2 is 1.71 bits per heavy atom. The van der Waals surface area contributed by atoms with E-state index in [1.54, 1.807) is 36.3 Å². The minimum Gasteiger partial charge on any atom is -0.497 e. The number of aromatic nitrogens is 2. The van der Waals surface area contributed by atoms with Gasteiger partial charge in [-0.15, -0.1) is 0 Å². The van der Waals surface area contributed by atoms with E-state index in [9.17, 15) is 14.4 Å². The first kappa shape index (κ1) is 23.2. The maximum Gasteiger partial charge on any atom is 0.261 e. The zero-order valence-electron chi connectivity index (χ0n) is 19.4. The van der Waals surface area contributed by atoms with Crippen molar-refractivity contribution >= 4 is 17.7 Å². The topological polar surface area (TPSA) is 106 Å². The summed E-state index contributed by atoms with van der Waals surface area (Å²) in [5.41, 5.74) is 1.59. The second kappa shape index (κ2) is 9.86. The molecule has 9 nitrogen and oxygen atoms in total. The molecule has 0 N–H and O–H groups in total. The molecule has 3 amide bonds. The zero-order valence-corrected chi connectivity index (χ0v) is 19.4. The number of rotatable bonds is 9. The van der Waals surface area contributed by atoms with Gasteiger partial charge in [-0.2, -0.15) is 4.98 Å². The van der Waals surface area contributed by atoms with Gasteiger partial charge in [-0.3, -0.25) is 19.3 Å². The van der Waals surface area contributed by atoms with Crippen molar-refractivity contribution in [3.05, 3.63) is 65.5 Å². The summed E-state index contributed by atoms with van der Waals surface area (Å²) in [4.78, 5) is 45.2. The molecule has 0 radical (unpaired) electrons. The van der Waals surface area contributed by atoms with Gasteiger partial charge >= 0.3 is 0 Å². The second-order valence-electron chi connectivity index (χ2n) is 8.27. The molecule has 0 unspecified atom stereocenters. The largest absolute Gasteiger partial charge is 0.497 e. The predicted octanol–water partition coefficient (Wildman–Crippen LogP) is 3.56. The Morgan fingerprint density at radius 1 is 1.06 bits per heavy atom. The van der Waals surface area contributed by atoms with Gasteiger partial charge in [0.15, 0.2) is 0 Å². The molecule has 0 fully saturated rings. The number of carbonyl (C=O) groups excluding carboxylic acids is 3. The van der Waals surface area contributed by atoms with Gasteiger partial charge in [-0.1, -0.05) is 17.3 Å². The van der Waals surface area contributed by atoms with Gasteiger partial charge in [0.25, 0.3) is 11.8 Å². The highest BCUT2D eigenvalue weighted by molar-refractivity contribution is 6.21. The lowest BCUT2D eigenvalue weighted by atomic mass is 10.1. The van der Waals surface area contributed by atoms with Gasteiger partial charge in [0.2, 0.25) is 17.6 Å². The van der Waals surface area contributed by atoms with E-state index in [0.717, 1.165) is 11.3 Å². The summed E-state index contributed by atoms with van der Waals surface area (Å²) < 4.78 is 10.5. The van der Waals surface area contributed by atoms with Crippen molar-refractivity contribution in [2.24, 2.45) is 0 Å². The predicted molar refractivity (Wildman–Crippen MR) is 123 cm³/mol. The maximum absolute atomic E-state index is 12.9. The van der Waals surface area contributed by atoms with Crippen LogP contribution in [0.25, 0.3) is 11.4 Å². The Balaban J connectivity index is 1.35. The van der Waals surface area contributed by atoms with Crippen LogP contribution in [0.5, 0.6) is 5.75 Å². The van der Waals surface area contributed by atoms with E-state index >= 15 is 0 Å². The summed E-state index contributed by atoms with van der Waals surface area (Å²) >= 11 is 0. The van der Waals surface area contributed by atoms with E-state index in [1.807, 2.05) is 38.1 Å². The molecule has 0 aliphatic carbocycles. The SMILES string of the molecule is COc1ccc(-c2noc(CN(C(=O)CCCN3C(=O)c4ccccc4C3=O)C(C)C)n2)cc1. The van der Waals surface area contributed by atoms with Crippen LogP contribution in [0.2, 0.25) is 0 Å². The van der Waals surface area contributed by atoms with Crippen LogP contribution in [0.4, 0.5) is 0 Å². The van der Waals surface area contributed by atoms with E-state index in [1.165, 1.54) is 4.90 Å². The monoisotopic (exact) mass is 462 g/mol. The van der Waals surface area contributed by atoms with Crippen LogP contribution in [0.1, 0.15) is 53.3 Å². The molecule has 0 bridgehead atoms. The number of amides is 3. The Hall–Kier alpha value is -4.01. The van der Waals surface area contributed by atoms with Gasteiger partial charge < -0.3 is 14.2 Å². The van der Waals surface area contributed by atoms with Crippen LogP contribution in [-0.2, 0) is 11.3 Å². The fourth-order valence-electron chi connectivity index (χ4n) is 3.86. The Bertz CT molecular complexity index is 1170. The second-order valence-corrected chi connectivity index (χ2v) is 8.27. The highest BCUT2D eigenvalue weighted by Gasteiger charge is 2.34. The minimum absolute atomic E-state index is 0.0943. The highest BCUT2D eigenvalue weighted by Crippen LogP contribution is 2.23. The number of imide groups is 1. The normalized spacial score (nSPS) is 12.9. The number of hydrogen-bond acceptors (Lipinski definition) is 7. The third kappa shape index (κ3) is 4.68. The number of carbonyl (C=O) groups is 3. The molecular formula is C25H26N4O5. The molecule has 0 saturated heterocycles. The van der Waals surface area contributed by atoms with Gasteiger partial charge in [-0.05, 0) is 56.7 Å². The van der Waals surface area contributed by atoms with Crippen molar-refractivity contribution in [3.8, 4) is 17.1 Å². The summed E-state index contributed by atoms with van der Waals surface area (Å²) in [5.74, 6) is 0.741. The summed E-state index contributed by atoms with van der Waals surface area (Å²) in [6, 6.07) is 13.9. The molecule has 9 heteroatoms. The Morgan fingerprint density at radius 3 is 2.29 bits per heavy atom. The van der Waals surface area contributed by atoms with E-state index in [-0.39, 0.29) is 43.3 Å². The van der Waals surface area contributed by atoms with E-state index < -0.39 is 0 Å². The molecule has 34 heavy (non-hydrogen) atoms. The smallest absolute Gasteiger partial charge is 0.261 e. The Labute approximate surface area is 197 Å². The van der Waals surface area contributed by atoms with Crippen LogP contribution in [-0.4, -0.2) is 57.4 Å². The quantitative estimate of drug-likeness (QED) is 0.448. The summed E-state index contributed by atoms with van der Waals surface area (Å²) in [7, 11) is 1.60.